The van der Waals surface area contributed by atoms with Gasteiger partial charge in [-0.25, -0.2) is 0 Å². The third kappa shape index (κ3) is 2.98. The van der Waals surface area contributed by atoms with E-state index in [0.29, 0.717) is 38.8 Å². The highest BCUT2D eigenvalue weighted by molar-refractivity contribution is 5.80. The number of carbonyl (C=O) groups is 1. The number of aromatic nitrogens is 2. The Morgan fingerprint density at radius 2 is 2.00 bits per heavy atom. The van der Waals surface area contributed by atoms with E-state index in [4.69, 9.17) is 9.47 Å². The standard InChI is InChI=1S/C17H24N4O3/c1-12-2-3-16(19-18-12)21-10-14(13-4-7-24-15(13)11-21)17(22)20-5-8-23-9-6-20/h2-3,13-15H,4-11H2,1H3/t13-,14+,15+/m1/s1. The second-order valence-electron chi connectivity index (χ2n) is 6.84. The highest BCUT2D eigenvalue weighted by Gasteiger charge is 2.45. The lowest BCUT2D eigenvalue weighted by Crippen LogP contribution is -2.55. The number of hydrogen-bond acceptors (Lipinski definition) is 6. The molecule has 1 amide bonds. The van der Waals surface area contributed by atoms with Crippen LogP contribution in [0.5, 0.6) is 0 Å². The van der Waals surface area contributed by atoms with E-state index >= 15 is 0 Å². The Bertz CT molecular complexity index is 588. The van der Waals surface area contributed by atoms with Crippen molar-refractivity contribution < 1.29 is 14.3 Å². The maximum absolute atomic E-state index is 13.1. The van der Waals surface area contributed by atoms with Gasteiger partial charge in [0.05, 0.1) is 30.9 Å². The molecule has 24 heavy (non-hydrogen) atoms. The van der Waals surface area contributed by atoms with Crippen LogP contribution in [0.15, 0.2) is 12.1 Å². The van der Waals surface area contributed by atoms with Crippen molar-refractivity contribution in [1.82, 2.24) is 15.1 Å². The van der Waals surface area contributed by atoms with Gasteiger partial charge in [-0.3, -0.25) is 4.79 Å². The highest BCUT2D eigenvalue weighted by atomic mass is 16.5. The van der Waals surface area contributed by atoms with Gasteiger partial charge in [-0.05, 0) is 25.5 Å². The number of rotatable bonds is 2. The summed E-state index contributed by atoms with van der Waals surface area (Å²) in [5, 5.41) is 8.45. The summed E-state index contributed by atoms with van der Waals surface area (Å²) in [6.45, 7) is 6.81. The highest BCUT2D eigenvalue weighted by Crippen LogP contribution is 2.36. The number of ether oxygens (including phenoxy) is 2. The molecule has 130 valence electrons. The summed E-state index contributed by atoms with van der Waals surface area (Å²) in [6.07, 6.45) is 1.08. The van der Waals surface area contributed by atoms with Crippen LogP contribution >= 0.6 is 0 Å². The number of carbonyl (C=O) groups excluding carboxylic acids is 1. The molecule has 0 bridgehead atoms. The van der Waals surface area contributed by atoms with Gasteiger partial charge in [0.15, 0.2) is 5.82 Å². The molecule has 3 aliphatic rings. The SMILES string of the molecule is Cc1ccc(N2C[C@@H]3OCC[C@@H]3[C@@H](C(=O)N3CCOCC3)C2)nn1. The minimum atomic E-state index is -0.0348. The van der Waals surface area contributed by atoms with E-state index in [1.54, 1.807) is 0 Å². The van der Waals surface area contributed by atoms with Crippen LogP contribution in [-0.2, 0) is 14.3 Å². The smallest absolute Gasteiger partial charge is 0.228 e. The van der Waals surface area contributed by atoms with Crippen LogP contribution in [0.25, 0.3) is 0 Å². The van der Waals surface area contributed by atoms with E-state index in [9.17, 15) is 4.79 Å². The van der Waals surface area contributed by atoms with Crippen molar-refractivity contribution in [2.75, 3.05) is 50.9 Å². The lowest BCUT2D eigenvalue weighted by atomic mass is 9.81. The van der Waals surface area contributed by atoms with Crippen molar-refractivity contribution in [1.29, 1.82) is 0 Å². The lowest BCUT2D eigenvalue weighted by molar-refractivity contribution is -0.142. The molecule has 3 saturated heterocycles. The van der Waals surface area contributed by atoms with Crippen LogP contribution in [0, 0.1) is 18.8 Å². The van der Waals surface area contributed by atoms with E-state index < -0.39 is 0 Å². The zero-order valence-electron chi connectivity index (χ0n) is 14.1. The Hall–Kier alpha value is -1.73. The van der Waals surface area contributed by atoms with Gasteiger partial charge in [0.2, 0.25) is 5.91 Å². The summed E-state index contributed by atoms with van der Waals surface area (Å²) >= 11 is 0. The fourth-order valence-electron chi connectivity index (χ4n) is 4.01. The normalized spacial score (nSPS) is 30.3. The third-order valence-electron chi connectivity index (χ3n) is 5.34. The molecule has 0 aromatic carbocycles. The Balaban J connectivity index is 1.54. The molecule has 4 rings (SSSR count). The molecular weight excluding hydrogens is 308 g/mol. The van der Waals surface area contributed by atoms with E-state index in [1.807, 2.05) is 24.0 Å². The van der Waals surface area contributed by atoms with Gasteiger partial charge in [-0.1, -0.05) is 0 Å². The van der Waals surface area contributed by atoms with Gasteiger partial charge in [0.1, 0.15) is 0 Å². The zero-order valence-corrected chi connectivity index (χ0v) is 14.1. The summed E-state index contributed by atoms with van der Waals surface area (Å²) in [5.41, 5.74) is 0.895. The Morgan fingerprint density at radius 1 is 1.17 bits per heavy atom. The Morgan fingerprint density at radius 3 is 2.75 bits per heavy atom. The predicted molar refractivity (Wildman–Crippen MR) is 87.7 cm³/mol. The minimum Gasteiger partial charge on any atom is -0.378 e. The maximum atomic E-state index is 13.1. The van der Waals surface area contributed by atoms with E-state index in [1.165, 1.54) is 0 Å². The predicted octanol–water partition coefficient (Wildman–Crippen LogP) is 0.485. The average Bonchev–Trinajstić information content (AvgIpc) is 3.10. The molecule has 3 fully saturated rings. The second-order valence-corrected chi connectivity index (χ2v) is 6.84. The van der Waals surface area contributed by atoms with Gasteiger partial charge < -0.3 is 19.3 Å². The average molecular weight is 332 g/mol. The number of anilines is 1. The first-order valence-corrected chi connectivity index (χ1v) is 8.76. The molecule has 0 unspecified atom stereocenters. The number of amides is 1. The van der Waals surface area contributed by atoms with Crippen molar-refractivity contribution >= 4 is 11.7 Å². The number of morpholine rings is 1. The quantitative estimate of drug-likeness (QED) is 0.785. The zero-order chi connectivity index (χ0) is 16.5. The van der Waals surface area contributed by atoms with Crippen LogP contribution in [0.2, 0.25) is 0 Å². The maximum Gasteiger partial charge on any atom is 0.228 e. The molecule has 0 saturated carbocycles. The molecule has 7 nitrogen and oxygen atoms in total. The summed E-state index contributed by atoms with van der Waals surface area (Å²) in [5.74, 6) is 1.35. The molecule has 1 aromatic rings. The molecule has 3 atom stereocenters. The van der Waals surface area contributed by atoms with Crippen molar-refractivity contribution in [3.05, 3.63) is 17.8 Å². The first kappa shape index (κ1) is 15.8. The second kappa shape index (κ2) is 6.64. The molecule has 7 heteroatoms. The number of nitrogens with zero attached hydrogens (tertiary/aromatic N) is 4. The molecule has 0 radical (unpaired) electrons. The fourth-order valence-corrected chi connectivity index (χ4v) is 4.01. The van der Waals surface area contributed by atoms with Gasteiger partial charge in [0.25, 0.3) is 0 Å². The van der Waals surface area contributed by atoms with Gasteiger partial charge in [-0.2, -0.15) is 5.10 Å². The molecule has 0 N–H and O–H groups in total. The first-order chi connectivity index (χ1) is 11.7. The van der Waals surface area contributed by atoms with Crippen LogP contribution in [0.1, 0.15) is 12.1 Å². The molecule has 0 aliphatic carbocycles. The summed E-state index contributed by atoms with van der Waals surface area (Å²) in [4.78, 5) is 17.2. The molecule has 1 aromatic heterocycles. The van der Waals surface area contributed by atoms with Crippen LogP contribution in [0.4, 0.5) is 5.82 Å². The van der Waals surface area contributed by atoms with E-state index in [0.717, 1.165) is 31.1 Å². The van der Waals surface area contributed by atoms with Gasteiger partial charge in [0, 0.05) is 38.7 Å². The number of fused-ring (bicyclic) bond motifs is 1. The van der Waals surface area contributed by atoms with E-state index in [-0.39, 0.29) is 17.9 Å². The van der Waals surface area contributed by atoms with Crippen LogP contribution in [-0.4, -0.2) is 73.1 Å². The minimum absolute atomic E-state index is 0.0348. The summed E-state index contributed by atoms with van der Waals surface area (Å²) in [7, 11) is 0. The topological polar surface area (TPSA) is 67.8 Å². The van der Waals surface area contributed by atoms with E-state index in [2.05, 4.69) is 15.1 Å². The fraction of sp³-hybridized carbons (Fsp3) is 0.706. The molecular formula is C17H24N4O3. The number of piperidine rings is 1. The molecule has 4 heterocycles. The third-order valence-corrected chi connectivity index (χ3v) is 5.34. The molecule has 3 aliphatic heterocycles. The number of aryl methyl sites for hydroxylation is 1. The number of hydrogen-bond donors (Lipinski definition) is 0. The summed E-state index contributed by atoms with van der Waals surface area (Å²) < 4.78 is 11.3. The largest absolute Gasteiger partial charge is 0.378 e. The van der Waals surface area contributed by atoms with Crippen molar-refractivity contribution in [3.8, 4) is 0 Å². The Labute approximate surface area is 141 Å². The lowest BCUT2D eigenvalue weighted by Gasteiger charge is -2.42. The van der Waals surface area contributed by atoms with Gasteiger partial charge >= 0.3 is 0 Å². The van der Waals surface area contributed by atoms with Crippen LogP contribution < -0.4 is 4.90 Å². The Kier molecular flexibility index (Phi) is 4.37. The monoisotopic (exact) mass is 332 g/mol. The molecule has 0 spiro atoms. The van der Waals surface area contributed by atoms with Crippen molar-refractivity contribution in [2.45, 2.75) is 19.4 Å². The van der Waals surface area contributed by atoms with Gasteiger partial charge in [-0.15, -0.1) is 5.10 Å². The van der Waals surface area contributed by atoms with Crippen molar-refractivity contribution in [3.63, 3.8) is 0 Å². The van der Waals surface area contributed by atoms with Crippen LogP contribution in [0.3, 0.4) is 0 Å². The van der Waals surface area contributed by atoms with Crippen molar-refractivity contribution in [2.24, 2.45) is 11.8 Å². The first-order valence-electron chi connectivity index (χ1n) is 8.76. The summed E-state index contributed by atoms with van der Waals surface area (Å²) in [6, 6.07) is 3.94.